The molecular formula is C19H16ClN3O2S. The monoisotopic (exact) mass is 385 g/mol. The van der Waals surface area contributed by atoms with E-state index in [1.165, 1.54) is 18.3 Å². The molecule has 132 valence electrons. The Bertz CT molecular complexity index is 955. The number of hydrogen-bond acceptors (Lipinski definition) is 4. The van der Waals surface area contributed by atoms with E-state index < -0.39 is 0 Å². The van der Waals surface area contributed by atoms with Crippen LogP contribution in [0.25, 0.3) is 10.6 Å². The number of benzene rings is 2. The highest BCUT2D eigenvalue weighted by molar-refractivity contribution is 7.13. The van der Waals surface area contributed by atoms with Gasteiger partial charge in [-0.05, 0) is 24.3 Å². The highest BCUT2D eigenvalue weighted by atomic mass is 35.5. The Balaban J connectivity index is 1.66. The zero-order chi connectivity index (χ0) is 18.5. The summed E-state index contributed by atoms with van der Waals surface area (Å²) in [7, 11) is 0. The number of thiazole rings is 1. The quantitative estimate of drug-likeness (QED) is 0.674. The minimum absolute atomic E-state index is 0.158. The zero-order valence-corrected chi connectivity index (χ0v) is 15.5. The van der Waals surface area contributed by atoms with Crippen LogP contribution in [-0.2, 0) is 16.0 Å². The van der Waals surface area contributed by atoms with Crippen molar-refractivity contribution in [1.29, 1.82) is 0 Å². The van der Waals surface area contributed by atoms with Crippen LogP contribution >= 0.6 is 22.9 Å². The minimum atomic E-state index is -0.180. The van der Waals surface area contributed by atoms with Gasteiger partial charge in [-0.25, -0.2) is 4.98 Å². The van der Waals surface area contributed by atoms with Gasteiger partial charge in [0.1, 0.15) is 5.01 Å². The van der Waals surface area contributed by atoms with E-state index in [-0.39, 0.29) is 18.2 Å². The number of carbonyl (C=O) groups excluding carboxylic acids is 2. The third kappa shape index (κ3) is 4.68. The molecule has 0 saturated carbocycles. The van der Waals surface area contributed by atoms with Crippen LogP contribution in [0.3, 0.4) is 0 Å². The second kappa shape index (κ2) is 8.12. The maximum atomic E-state index is 12.3. The van der Waals surface area contributed by atoms with E-state index in [0.29, 0.717) is 22.1 Å². The molecule has 0 radical (unpaired) electrons. The van der Waals surface area contributed by atoms with E-state index in [2.05, 4.69) is 15.6 Å². The summed E-state index contributed by atoms with van der Waals surface area (Å²) in [5.74, 6) is -0.343. The summed E-state index contributed by atoms with van der Waals surface area (Å²) < 4.78 is 0. The largest absolute Gasteiger partial charge is 0.326 e. The fourth-order valence-electron chi connectivity index (χ4n) is 2.39. The molecule has 0 bridgehead atoms. The van der Waals surface area contributed by atoms with Crippen molar-refractivity contribution in [3.05, 3.63) is 64.6 Å². The second-order valence-electron chi connectivity index (χ2n) is 5.61. The highest BCUT2D eigenvalue weighted by Crippen LogP contribution is 2.30. The first kappa shape index (κ1) is 18.1. The van der Waals surface area contributed by atoms with E-state index in [1.54, 1.807) is 24.3 Å². The lowest BCUT2D eigenvalue weighted by atomic mass is 10.2. The molecule has 7 heteroatoms. The van der Waals surface area contributed by atoms with Crippen molar-refractivity contribution in [3.63, 3.8) is 0 Å². The summed E-state index contributed by atoms with van der Waals surface area (Å²) in [5.41, 5.74) is 2.78. The van der Waals surface area contributed by atoms with E-state index in [9.17, 15) is 9.59 Å². The van der Waals surface area contributed by atoms with Gasteiger partial charge in [0.25, 0.3) is 0 Å². The molecule has 0 spiro atoms. The highest BCUT2D eigenvalue weighted by Gasteiger charge is 2.11. The first-order valence-electron chi connectivity index (χ1n) is 7.88. The van der Waals surface area contributed by atoms with Crippen molar-refractivity contribution in [2.75, 3.05) is 10.6 Å². The molecule has 5 nitrogen and oxygen atoms in total. The maximum Gasteiger partial charge on any atom is 0.230 e. The molecule has 3 aromatic rings. The van der Waals surface area contributed by atoms with Gasteiger partial charge in [0.2, 0.25) is 11.8 Å². The van der Waals surface area contributed by atoms with Crippen LogP contribution in [0.15, 0.2) is 53.9 Å². The van der Waals surface area contributed by atoms with Crippen molar-refractivity contribution >= 4 is 46.1 Å². The van der Waals surface area contributed by atoms with Gasteiger partial charge in [0, 0.05) is 29.2 Å². The van der Waals surface area contributed by atoms with Crippen LogP contribution in [0.2, 0.25) is 5.02 Å². The lowest BCUT2D eigenvalue weighted by Crippen LogP contribution is -2.15. The van der Waals surface area contributed by atoms with Crippen LogP contribution in [0.5, 0.6) is 0 Å². The molecule has 2 aromatic carbocycles. The molecular weight excluding hydrogens is 370 g/mol. The number of aromatic nitrogens is 1. The Kier molecular flexibility index (Phi) is 5.65. The molecule has 0 aliphatic rings. The number of hydrogen-bond donors (Lipinski definition) is 2. The normalized spacial score (nSPS) is 10.4. The molecule has 2 amide bonds. The van der Waals surface area contributed by atoms with Gasteiger partial charge < -0.3 is 10.6 Å². The number of nitrogens with zero attached hydrogens (tertiary/aromatic N) is 1. The van der Waals surface area contributed by atoms with Gasteiger partial charge in [-0.3, -0.25) is 9.59 Å². The average molecular weight is 386 g/mol. The average Bonchev–Trinajstić information content (AvgIpc) is 3.03. The van der Waals surface area contributed by atoms with Crippen LogP contribution in [0, 0.1) is 0 Å². The summed E-state index contributed by atoms with van der Waals surface area (Å²) in [4.78, 5) is 27.9. The summed E-state index contributed by atoms with van der Waals surface area (Å²) in [6, 6.07) is 14.5. The van der Waals surface area contributed by atoms with Gasteiger partial charge in [-0.1, -0.05) is 35.9 Å². The van der Waals surface area contributed by atoms with Gasteiger partial charge in [0.15, 0.2) is 0 Å². The molecule has 0 aliphatic heterocycles. The zero-order valence-electron chi connectivity index (χ0n) is 14.0. The van der Waals surface area contributed by atoms with Crippen molar-refractivity contribution in [2.45, 2.75) is 13.3 Å². The Morgan fingerprint density at radius 1 is 1.08 bits per heavy atom. The maximum absolute atomic E-state index is 12.3. The van der Waals surface area contributed by atoms with Crippen LogP contribution in [0.1, 0.15) is 12.6 Å². The molecule has 2 N–H and O–H groups in total. The summed E-state index contributed by atoms with van der Waals surface area (Å²) in [6.07, 6.45) is 0.158. The second-order valence-corrected chi connectivity index (χ2v) is 6.88. The van der Waals surface area contributed by atoms with E-state index >= 15 is 0 Å². The number of rotatable bonds is 5. The lowest BCUT2D eigenvalue weighted by Gasteiger charge is -2.07. The fraction of sp³-hybridized carbons (Fsp3) is 0.105. The molecule has 0 fully saturated rings. The molecule has 3 rings (SSSR count). The number of halogens is 1. The topological polar surface area (TPSA) is 71.1 Å². The van der Waals surface area contributed by atoms with E-state index in [1.807, 2.05) is 29.6 Å². The predicted octanol–water partition coefficient (Wildman–Crippen LogP) is 4.60. The summed E-state index contributed by atoms with van der Waals surface area (Å²) in [6.45, 7) is 1.43. The van der Waals surface area contributed by atoms with Gasteiger partial charge in [0.05, 0.1) is 17.1 Å². The SMILES string of the molecule is CC(=O)Nc1cccc(NC(=O)Cc2csc(-c3ccccc3Cl)n2)c1. The number of anilines is 2. The minimum Gasteiger partial charge on any atom is -0.326 e. The van der Waals surface area contributed by atoms with Crippen molar-refractivity contribution in [1.82, 2.24) is 4.98 Å². The summed E-state index contributed by atoms with van der Waals surface area (Å²) in [5, 5.41) is 8.76. The first-order chi connectivity index (χ1) is 12.5. The fourth-order valence-corrected chi connectivity index (χ4v) is 3.53. The lowest BCUT2D eigenvalue weighted by molar-refractivity contribution is -0.116. The Morgan fingerprint density at radius 2 is 1.81 bits per heavy atom. The number of carbonyl (C=O) groups is 2. The third-order valence-electron chi connectivity index (χ3n) is 3.46. The predicted molar refractivity (Wildman–Crippen MR) is 106 cm³/mol. The molecule has 0 saturated heterocycles. The van der Waals surface area contributed by atoms with Gasteiger partial charge in [-0.2, -0.15) is 0 Å². The van der Waals surface area contributed by atoms with Crippen molar-refractivity contribution in [2.24, 2.45) is 0 Å². The van der Waals surface area contributed by atoms with Crippen LogP contribution < -0.4 is 10.6 Å². The Labute approximate surface area is 160 Å². The van der Waals surface area contributed by atoms with Crippen LogP contribution in [0.4, 0.5) is 11.4 Å². The Morgan fingerprint density at radius 3 is 2.54 bits per heavy atom. The molecule has 0 atom stereocenters. The van der Waals surface area contributed by atoms with Crippen molar-refractivity contribution in [3.8, 4) is 10.6 Å². The van der Waals surface area contributed by atoms with Gasteiger partial charge >= 0.3 is 0 Å². The molecule has 1 aromatic heterocycles. The summed E-state index contributed by atoms with van der Waals surface area (Å²) >= 11 is 7.64. The molecule has 26 heavy (non-hydrogen) atoms. The number of amides is 2. The Hall–Kier alpha value is -2.70. The standard InChI is InChI=1S/C19H16ClN3O2S/c1-12(24)21-13-5-4-6-14(9-13)22-18(25)10-15-11-26-19(23-15)16-7-2-3-8-17(16)20/h2-9,11H,10H2,1H3,(H,21,24)(H,22,25). The smallest absolute Gasteiger partial charge is 0.230 e. The van der Waals surface area contributed by atoms with Crippen LogP contribution in [-0.4, -0.2) is 16.8 Å². The van der Waals surface area contributed by atoms with E-state index in [0.717, 1.165) is 10.6 Å². The molecule has 0 unspecified atom stereocenters. The third-order valence-corrected chi connectivity index (χ3v) is 4.72. The van der Waals surface area contributed by atoms with E-state index in [4.69, 9.17) is 11.6 Å². The first-order valence-corrected chi connectivity index (χ1v) is 9.14. The van der Waals surface area contributed by atoms with Crippen molar-refractivity contribution < 1.29 is 9.59 Å². The molecule has 0 aliphatic carbocycles. The van der Waals surface area contributed by atoms with Gasteiger partial charge in [-0.15, -0.1) is 11.3 Å². The number of nitrogens with one attached hydrogen (secondary N) is 2. The molecule has 1 heterocycles.